The molecule has 1 aromatic carbocycles. The number of hydrogen-bond acceptors (Lipinski definition) is 4. The van der Waals surface area contributed by atoms with E-state index in [1.54, 1.807) is 11.0 Å². The summed E-state index contributed by atoms with van der Waals surface area (Å²) in [7, 11) is 0. The summed E-state index contributed by atoms with van der Waals surface area (Å²) < 4.78 is 5.83. The van der Waals surface area contributed by atoms with Crippen molar-refractivity contribution in [3.05, 3.63) is 42.0 Å². The molecule has 0 N–H and O–H groups in total. The average molecular weight is 284 g/mol. The number of fused-ring (bicyclic) bond motifs is 1. The zero-order chi connectivity index (χ0) is 14.8. The Hall–Kier alpha value is -2.14. The Morgan fingerprint density at radius 2 is 2.19 bits per heavy atom. The molecule has 0 unspecified atom stereocenters. The maximum Gasteiger partial charge on any atom is 0.234 e. The predicted molar refractivity (Wildman–Crippen MR) is 72.3 cm³/mol. The lowest BCUT2D eigenvalue weighted by Gasteiger charge is -2.24. The van der Waals surface area contributed by atoms with E-state index in [4.69, 9.17) is 4.74 Å². The van der Waals surface area contributed by atoms with Crippen molar-refractivity contribution < 1.29 is 19.4 Å². The van der Waals surface area contributed by atoms with Gasteiger partial charge in [0.15, 0.2) is 0 Å². The number of aryl methyl sites for hydroxylation is 1. The molecular formula is C16H14NO4-. The van der Waals surface area contributed by atoms with Gasteiger partial charge in [-0.2, -0.15) is 0 Å². The van der Waals surface area contributed by atoms with Gasteiger partial charge in [-0.05, 0) is 18.6 Å². The number of amides is 1. The van der Waals surface area contributed by atoms with Crippen molar-refractivity contribution in [2.75, 3.05) is 11.4 Å². The third-order valence-electron chi connectivity index (χ3n) is 4.78. The predicted octanol–water partition coefficient (Wildman–Crippen LogP) is 0.0313. The SMILES string of the molecule is Cc1ccccc1N1C[C@]23C=C[C@@H](O2)[C@H](C(=O)[O-])[C@@H]3C1=O. The number of carbonyl (C=O) groups excluding carboxylic acids is 2. The van der Waals surface area contributed by atoms with Crippen LogP contribution in [0.2, 0.25) is 0 Å². The van der Waals surface area contributed by atoms with Crippen LogP contribution in [-0.4, -0.2) is 30.1 Å². The summed E-state index contributed by atoms with van der Waals surface area (Å²) in [5, 5.41) is 11.4. The highest BCUT2D eigenvalue weighted by Crippen LogP contribution is 2.52. The number of rotatable bonds is 2. The second kappa shape index (κ2) is 3.95. The third-order valence-corrected chi connectivity index (χ3v) is 4.78. The van der Waals surface area contributed by atoms with E-state index < -0.39 is 29.5 Å². The van der Waals surface area contributed by atoms with Gasteiger partial charge in [-0.3, -0.25) is 4.79 Å². The van der Waals surface area contributed by atoms with Crippen molar-refractivity contribution in [3.63, 3.8) is 0 Å². The Bertz CT molecular complexity index is 683. The fraction of sp³-hybridized carbons (Fsp3) is 0.375. The fourth-order valence-corrected chi connectivity index (χ4v) is 3.84. The molecule has 1 aromatic rings. The number of para-hydroxylation sites is 1. The fourth-order valence-electron chi connectivity index (χ4n) is 3.84. The molecule has 0 saturated carbocycles. The summed E-state index contributed by atoms with van der Waals surface area (Å²) >= 11 is 0. The molecule has 3 aliphatic heterocycles. The number of carboxylic acids is 1. The molecule has 4 atom stereocenters. The molecule has 1 spiro atoms. The number of nitrogens with zero attached hydrogens (tertiary/aromatic N) is 1. The summed E-state index contributed by atoms with van der Waals surface area (Å²) in [5.41, 5.74) is 0.976. The molecule has 5 nitrogen and oxygen atoms in total. The van der Waals surface area contributed by atoms with E-state index in [0.717, 1.165) is 11.3 Å². The lowest BCUT2D eigenvalue weighted by molar-refractivity contribution is -0.313. The van der Waals surface area contributed by atoms with Crippen LogP contribution in [0.3, 0.4) is 0 Å². The van der Waals surface area contributed by atoms with Crippen LogP contribution in [0, 0.1) is 18.8 Å². The maximum absolute atomic E-state index is 12.8. The quantitative estimate of drug-likeness (QED) is 0.719. The monoisotopic (exact) mass is 284 g/mol. The highest BCUT2D eigenvalue weighted by molar-refractivity contribution is 6.02. The molecule has 3 heterocycles. The lowest BCUT2D eigenvalue weighted by Crippen LogP contribution is -2.45. The van der Waals surface area contributed by atoms with Gasteiger partial charge in [0.25, 0.3) is 0 Å². The minimum Gasteiger partial charge on any atom is -0.550 e. The Kier molecular flexibility index (Phi) is 2.37. The van der Waals surface area contributed by atoms with Crippen molar-refractivity contribution in [2.45, 2.75) is 18.6 Å². The molecule has 0 aliphatic carbocycles. The highest BCUT2D eigenvalue weighted by Gasteiger charge is 2.65. The van der Waals surface area contributed by atoms with Crippen LogP contribution < -0.4 is 10.0 Å². The number of hydrogen-bond donors (Lipinski definition) is 0. The summed E-state index contributed by atoms with van der Waals surface area (Å²) in [4.78, 5) is 25.8. The first-order chi connectivity index (χ1) is 10.0. The molecule has 108 valence electrons. The normalized spacial score (nSPS) is 36.3. The Morgan fingerprint density at radius 3 is 2.90 bits per heavy atom. The van der Waals surface area contributed by atoms with Crippen LogP contribution in [0.5, 0.6) is 0 Å². The zero-order valence-corrected chi connectivity index (χ0v) is 11.5. The van der Waals surface area contributed by atoms with E-state index in [-0.39, 0.29) is 5.91 Å². The number of aliphatic carboxylic acids is 1. The Balaban J connectivity index is 1.78. The minimum atomic E-state index is -1.21. The van der Waals surface area contributed by atoms with Gasteiger partial charge >= 0.3 is 0 Å². The molecule has 2 bridgehead atoms. The Morgan fingerprint density at radius 1 is 1.43 bits per heavy atom. The number of ether oxygens (including phenoxy) is 1. The molecule has 0 aromatic heterocycles. The van der Waals surface area contributed by atoms with Crippen molar-refractivity contribution in [1.29, 1.82) is 0 Å². The number of carboxylic acid groups (broad SMARTS) is 1. The number of anilines is 1. The van der Waals surface area contributed by atoms with E-state index in [9.17, 15) is 14.7 Å². The number of carbonyl (C=O) groups is 2. The van der Waals surface area contributed by atoms with Gasteiger partial charge < -0.3 is 19.5 Å². The third kappa shape index (κ3) is 1.49. The van der Waals surface area contributed by atoms with Gasteiger partial charge in [-0.25, -0.2) is 0 Å². The Labute approximate surface area is 121 Å². The van der Waals surface area contributed by atoms with Crippen LogP contribution >= 0.6 is 0 Å². The highest BCUT2D eigenvalue weighted by atomic mass is 16.5. The first kappa shape index (κ1) is 12.6. The minimum absolute atomic E-state index is 0.189. The van der Waals surface area contributed by atoms with E-state index in [0.29, 0.717) is 6.54 Å². The van der Waals surface area contributed by atoms with Crippen molar-refractivity contribution >= 4 is 17.6 Å². The van der Waals surface area contributed by atoms with Crippen molar-refractivity contribution in [1.82, 2.24) is 0 Å². The topological polar surface area (TPSA) is 69.7 Å². The van der Waals surface area contributed by atoms with Crippen LogP contribution in [0.1, 0.15) is 5.56 Å². The molecule has 3 aliphatic rings. The van der Waals surface area contributed by atoms with Crippen molar-refractivity contribution in [2.24, 2.45) is 11.8 Å². The van der Waals surface area contributed by atoms with Crippen LogP contribution in [0.25, 0.3) is 0 Å². The van der Waals surface area contributed by atoms with Crippen LogP contribution in [0.4, 0.5) is 5.69 Å². The molecular weight excluding hydrogens is 270 g/mol. The standard InChI is InChI=1S/C16H15NO4/c1-9-4-2-3-5-10(9)17-8-16-7-6-11(21-16)12(15(19)20)13(16)14(17)18/h2-7,11-13H,8H2,1H3,(H,19,20)/p-1/t11-,12+,13-,16+/m1/s1. The van der Waals surface area contributed by atoms with E-state index in [1.165, 1.54) is 0 Å². The maximum atomic E-state index is 12.8. The molecule has 1 amide bonds. The summed E-state index contributed by atoms with van der Waals surface area (Å²) in [6.45, 7) is 2.29. The van der Waals surface area contributed by atoms with Gasteiger partial charge in [-0.1, -0.05) is 30.4 Å². The van der Waals surface area contributed by atoms with E-state index >= 15 is 0 Å². The zero-order valence-electron chi connectivity index (χ0n) is 11.5. The van der Waals surface area contributed by atoms with Gasteiger partial charge in [0.2, 0.25) is 5.91 Å². The average Bonchev–Trinajstić information content (AvgIpc) is 3.08. The van der Waals surface area contributed by atoms with E-state index in [1.807, 2.05) is 37.3 Å². The first-order valence-electron chi connectivity index (χ1n) is 6.98. The summed E-state index contributed by atoms with van der Waals surface area (Å²) in [6.07, 6.45) is 3.05. The van der Waals surface area contributed by atoms with Gasteiger partial charge in [-0.15, -0.1) is 0 Å². The van der Waals surface area contributed by atoms with Gasteiger partial charge in [0, 0.05) is 17.6 Å². The molecule has 2 saturated heterocycles. The summed E-state index contributed by atoms with van der Waals surface area (Å²) in [6, 6.07) is 7.57. The molecule has 4 rings (SSSR count). The van der Waals surface area contributed by atoms with Crippen LogP contribution in [-0.2, 0) is 14.3 Å². The second-order valence-electron chi connectivity index (χ2n) is 5.93. The number of benzene rings is 1. The molecule has 0 radical (unpaired) electrons. The van der Waals surface area contributed by atoms with Crippen LogP contribution in [0.15, 0.2) is 36.4 Å². The lowest BCUT2D eigenvalue weighted by atomic mass is 9.77. The summed E-state index contributed by atoms with van der Waals surface area (Å²) in [5.74, 6) is -2.98. The molecule has 5 heteroatoms. The second-order valence-corrected chi connectivity index (χ2v) is 5.93. The smallest absolute Gasteiger partial charge is 0.234 e. The van der Waals surface area contributed by atoms with Crippen molar-refractivity contribution in [3.8, 4) is 0 Å². The van der Waals surface area contributed by atoms with Gasteiger partial charge in [0.1, 0.15) is 5.60 Å². The molecule has 21 heavy (non-hydrogen) atoms. The molecule has 2 fully saturated rings. The van der Waals surface area contributed by atoms with E-state index in [2.05, 4.69) is 0 Å². The largest absolute Gasteiger partial charge is 0.550 e. The first-order valence-corrected chi connectivity index (χ1v) is 6.98. The van der Waals surface area contributed by atoms with Gasteiger partial charge in [0.05, 0.1) is 18.6 Å².